The summed E-state index contributed by atoms with van der Waals surface area (Å²) in [6, 6.07) is 8.11. The summed E-state index contributed by atoms with van der Waals surface area (Å²) in [7, 11) is 0. The highest BCUT2D eigenvalue weighted by Gasteiger charge is 2.40. The highest BCUT2D eigenvalue weighted by Crippen LogP contribution is 2.23. The van der Waals surface area contributed by atoms with Gasteiger partial charge in [-0.2, -0.15) is 11.8 Å². The van der Waals surface area contributed by atoms with Crippen LogP contribution in [-0.4, -0.2) is 219 Å². The molecule has 0 saturated carbocycles. The van der Waals surface area contributed by atoms with Gasteiger partial charge in [0.05, 0.1) is 19.1 Å². The molecule has 1 aliphatic heterocycles. The molecule has 604 valence electrons. The molecule has 0 unspecified atom stereocenters. The molecule has 6 rings (SSSR count). The van der Waals surface area contributed by atoms with Crippen LogP contribution >= 0.6 is 11.8 Å². The number of H-pyrrole nitrogens is 1. The number of carbonyl (C=O) groups excluding carboxylic acids is 16. The molecule has 1 fully saturated rings. The van der Waals surface area contributed by atoms with Crippen LogP contribution in [-0.2, 0) is 101 Å². The number of carboxylic acids is 1. The standard InChI is InChI=1S/C73H96N18O20S/c1-37(92)61-71(109)87-53(32-43-34-79-46-12-8-7-11-45(43)46)68(106)83-47(19-22-56(75)94)63(101)88-55(36-112-28-25-50(81-38(2)93)65(103)82-48(66(104)90-61)20-23-57(76)95)69(107)84-51(30-39-14-17-44(18-15-39)111-27-26-74)67(105)85-52(31-40-13-16-41-9-5-6-10-42(41)29-40)70(108)91-73(3,4)72(110)89-49(21-24-60(98)99)64(102)86-54(33-58(77)96)62(100)80-35-59(78)97/h5-18,29,34,37,47-55,61,79,92H,19-28,30-33,35-36,74H2,1-4H3,(H2,75,94)(H2,76,95)(H2,77,96)(H2,78,97)(H,80,100)(H,81,93)(H,82,103)(H,83,106)(H,84,107)(H,85,105)(H,86,102)(H,87,109)(H,88,101)(H,89,110)(H,90,104)(H,91,108)(H,98,99)/t37-,47+,48+,49+,50+,51+,52+,53+,54+,55+,61+/m1/s1. The van der Waals surface area contributed by atoms with E-state index < -0.39 is 236 Å². The molecule has 2 heterocycles. The van der Waals surface area contributed by atoms with Gasteiger partial charge in [-0.05, 0) is 97.9 Å². The zero-order chi connectivity index (χ0) is 82.5. The smallest absolute Gasteiger partial charge is 0.303 e. The third kappa shape index (κ3) is 28.3. The quantitative estimate of drug-likeness (QED) is 0.0180. The first-order valence-corrected chi connectivity index (χ1v) is 36.8. The number of benzene rings is 4. The average Bonchev–Trinajstić information content (AvgIpc) is 1.51. The minimum atomic E-state index is -2.09. The summed E-state index contributed by atoms with van der Waals surface area (Å²) in [5, 5.41) is 52.6. The molecule has 1 aliphatic rings. The number of para-hydroxylation sites is 1. The Balaban J connectivity index is 1.43. The van der Waals surface area contributed by atoms with Crippen molar-refractivity contribution in [1.82, 2.24) is 68.8 Å². The zero-order valence-electron chi connectivity index (χ0n) is 61.9. The predicted molar refractivity (Wildman–Crippen MR) is 405 cm³/mol. The zero-order valence-corrected chi connectivity index (χ0v) is 62.8. The minimum Gasteiger partial charge on any atom is -0.492 e. The molecule has 39 heteroatoms. The Morgan fingerprint density at radius 2 is 1.20 bits per heavy atom. The molecule has 38 nitrogen and oxygen atoms in total. The molecule has 0 radical (unpaired) electrons. The van der Waals surface area contributed by atoms with E-state index in [1.54, 1.807) is 91.1 Å². The number of aromatic amines is 1. The van der Waals surface area contributed by atoms with E-state index >= 15 is 19.2 Å². The van der Waals surface area contributed by atoms with Gasteiger partial charge in [-0.1, -0.05) is 72.8 Å². The lowest BCUT2D eigenvalue weighted by Crippen LogP contribution is -2.64. The second-order valence-corrected chi connectivity index (χ2v) is 28.3. The monoisotopic (exact) mass is 1580 g/mol. The van der Waals surface area contributed by atoms with E-state index in [4.69, 9.17) is 33.4 Å². The molecule has 25 N–H and O–H groups in total. The number of nitrogens with two attached hydrogens (primary N) is 5. The number of aliphatic carboxylic acids is 1. The number of hydrogen-bond donors (Lipinski definition) is 20. The number of carbonyl (C=O) groups is 17. The number of aliphatic hydroxyl groups is 1. The second-order valence-electron chi connectivity index (χ2n) is 27.1. The number of ether oxygens (including phenoxy) is 1. The maximum absolute atomic E-state index is 15.5. The number of amides is 16. The van der Waals surface area contributed by atoms with Crippen LogP contribution in [0.3, 0.4) is 0 Å². The molecular formula is C73H96N18O20S. The van der Waals surface area contributed by atoms with Gasteiger partial charge in [-0.3, -0.25) is 81.5 Å². The Labute approximate surface area is 646 Å². The molecule has 11 atom stereocenters. The number of rotatable bonds is 35. The second kappa shape index (κ2) is 42.6. The summed E-state index contributed by atoms with van der Waals surface area (Å²) in [4.78, 5) is 236. The van der Waals surface area contributed by atoms with Gasteiger partial charge in [0, 0.05) is 74.8 Å². The van der Waals surface area contributed by atoms with Gasteiger partial charge in [0.2, 0.25) is 94.5 Å². The van der Waals surface area contributed by atoms with Crippen LogP contribution in [0.15, 0.2) is 97.2 Å². The number of aliphatic hydroxyl groups excluding tert-OH is 1. The van der Waals surface area contributed by atoms with Crippen molar-refractivity contribution in [1.29, 1.82) is 0 Å². The Hall–Kier alpha value is -12.3. The van der Waals surface area contributed by atoms with Crippen LogP contribution in [0, 0.1) is 0 Å². The van der Waals surface area contributed by atoms with Crippen LogP contribution in [0.5, 0.6) is 5.75 Å². The summed E-state index contributed by atoms with van der Waals surface area (Å²) in [5.74, 6) is -18.5. The summed E-state index contributed by atoms with van der Waals surface area (Å²) < 4.78 is 5.68. The SMILES string of the molecule is CC(=O)N[C@H]1CCSC[C@@H](C(=O)N[C@@H](Cc2ccc(OCCN)cc2)C(=O)N[C@@H](Cc2ccc3ccccc3c2)C(=O)NC(C)(C)C(=O)N[C@@H](CCC(=O)O)C(=O)N[C@@H](CC(N)=O)C(=O)NCC(N)=O)NC(=O)[C@H](CCC(N)=O)NC(=O)[C@H](Cc2c[nH]c3ccccc23)NC(=O)[C@H]([C@@H](C)O)NC(=O)[C@H](CCC(N)=O)NC1=O. The first kappa shape index (κ1) is 88.6. The number of hydrogen-bond acceptors (Lipinski definition) is 21. The third-order valence-electron chi connectivity index (χ3n) is 17.6. The van der Waals surface area contributed by atoms with E-state index in [9.17, 15) is 72.5 Å². The van der Waals surface area contributed by atoms with Gasteiger partial charge in [0.15, 0.2) is 0 Å². The van der Waals surface area contributed by atoms with Crippen molar-refractivity contribution in [3.63, 3.8) is 0 Å². The van der Waals surface area contributed by atoms with Crippen molar-refractivity contribution in [3.8, 4) is 5.75 Å². The van der Waals surface area contributed by atoms with Gasteiger partial charge in [0.1, 0.15) is 78.3 Å². The lowest BCUT2D eigenvalue weighted by Gasteiger charge is -2.31. The van der Waals surface area contributed by atoms with Crippen molar-refractivity contribution in [2.45, 2.75) is 170 Å². The molecule has 1 saturated heterocycles. The first-order valence-electron chi connectivity index (χ1n) is 35.7. The Morgan fingerprint density at radius 3 is 1.82 bits per heavy atom. The molecular weight excluding hydrogens is 1480 g/mol. The fourth-order valence-corrected chi connectivity index (χ4v) is 12.7. The normalized spacial score (nSPS) is 18.8. The maximum atomic E-state index is 15.5. The summed E-state index contributed by atoms with van der Waals surface area (Å²) in [5.41, 5.74) is 27.0. The fraction of sp³-hybridized carbons (Fsp3) is 0.438. The van der Waals surface area contributed by atoms with Crippen molar-refractivity contribution >= 4 is 134 Å². The Kier molecular flexibility index (Phi) is 33.7. The molecule has 112 heavy (non-hydrogen) atoms. The number of thioether (sulfide) groups is 1. The average molecular weight is 1580 g/mol. The molecule has 0 aliphatic carbocycles. The van der Waals surface area contributed by atoms with Crippen LogP contribution in [0.1, 0.15) is 95.8 Å². The molecule has 16 amide bonds. The van der Waals surface area contributed by atoms with Crippen molar-refractivity contribution in [2.24, 2.45) is 28.7 Å². The number of aromatic nitrogens is 1. The Bertz CT molecular complexity index is 4290. The molecule has 5 aromatic rings. The van der Waals surface area contributed by atoms with Gasteiger partial charge in [-0.15, -0.1) is 0 Å². The summed E-state index contributed by atoms with van der Waals surface area (Å²) in [6.45, 7) is 4.16. The minimum absolute atomic E-state index is 0.114. The third-order valence-corrected chi connectivity index (χ3v) is 18.7. The number of nitrogens with one attached hydrogen (secondary N) is 13. The van der Waals surface area contributed by atoms with Gasteiger partial charge < -0.3 is 112 Å². The van der Waals surface area contributed by atoms with Gasteiger partial charge in [0.25, 0.3) is 0 Å². The molecule has 4 aromatic carbocycles. The molecule has 1 aromatic heterocycles. The van der Waals surface area contributed by atoms with Crippen molar-refractivity contribution in [3.05, 3.63) is 114 Å². The van der Waals surface area contributed by atoms with E-state index in [1.807, 2.05) is 6.07 Å². The first-order chi connectivity index (χ1) is 53.0. The summed E-state index contributed by atoms with van der Waals surface area (Å²) >= 11 is 0.914. The highest BCUT2D eigenvalue weighted by atomic mass is 32.2. The van der Waals surface area contributed by atoms with Crippen LogP contribution in [0.25, 0.3) is 21.7 Å². The molecule has 0 spiro atoms. The van der Waals surface area contributed by atoms with E-state index in [0.29, 0.717) is 38.7 Å². The fourth-order valence-electron chi connectivity index (χ4n) is 11.7. The van der Waals surface area contributed by atoms with Crippen molar-refractivity contribution in [2.75, 3.05) is 31.2 Å². The van der Waals surface area contributed by atoms with E-state index in [1.165, 1.54) is 13.8 Å². The van der Waals surface area contributed by atoms with E-state index in [-0.39, 0.29) is 38.2 Å². The van der Waals surface area contributed by atoms with Crippen LogP contribution in [0.2, 0.25) is 0 Å². The number of carboxylic acid groups (broad SMARTS) is 1. The van der Waals surface area contributed by atoms with Gasteiger partial charge >= 0.3 is 5.97 Å². The largest absolute Gasteiger partial charge is 0.492 e. The number of primary amides is 4. The summed E-state index contributed by atoms with van der Waals surface area (Å²) in [6.07, 6.45) is -5.77. The molecule has 0 bridgehead atoms. The van der Waals surface area contributed by atoms with Crippen LogP contribution in [0.4, 0.5) is 0 Å². The van der Waals surface area contributed by atoms with E-state index in [2.05, 4.69) is 68.8 Å². The van der Waals surface area contributed by atoms with Gasteiger partial charge in [-0.25, -0.2) is 0 Å². The highest BCUT2D eigenvalue weighted by molar-refractivity contribution is 7.99. The van der Waals surface area contributed by atoms with E-state index in [0.717, 1.165) is 31.0 Å². The van der Waals surface area contributed by atoms with Crippen LogP contribution < -0.4 is 97.2 Å². The lowest BCUT2D eigenvalue weighted by molar-refractivity contribution is -0.139. The van der Waals surface area contributed by atoms with Crippen molar-refractivity contribution < 1.29 is 96.5 Å². The Morgan fingerprint density at radius 1 is 0.616 bits per heavy atom. The predicted octanol–water partition coefficient (Wildman–Crippen LogP) is -5.16. The number of fused-ring (bicyclic) bond motifs is 2. The topological polar surface area (TPSA) is 630 Å². The maximum Gasteiger partial charge on any atom is 0.303 e. The lowest BCUT2D eigenvalue weighted by atomic mass is 9.97.